The molecule has 0 aromatic carbocycles. The second kappa shape index (κ2) is 5.01. The van der Waals surface area contributed by atoms with Gasteiger partial charge in [0.1, 0.15) is 16.0 Å². The summed E-state index contributed by atoms with van der Waals surface area (Å²) in [7, 11) is 0. The van der Waals surface area contributed by atoms with Crippen LogP contribution < -0.4 is 4.74 Å². The van der Waals surface area contributed by atoms with Crippen LogP contribution in [-0.4, -0.2) is 21.0 Å². The third-order valence-corrected chi connectivity index (χ3v) is 3.21. The van der Waals surface area contributed by atoms with Gasteiger partial charge < -0.3 is 4.74 Å². The second-order valence-electron chi connectivity index (χ2n) is 4.01. The molecule has 19 heavy (non-hydrogen) atoms. The van der Waals surface area contributed by atoms with E-state index in [1.54, 1.807) is 0 Å². The van der Waals surface area contributed by atoms with E-state index in [2.05, 4.69) is 25.9 Å². The van der Waals surface area contributed by atoms with E-state index in [1.165, 1.54) is 0 Å². The Hall–Kier alpha value is -1.88. The minimum absolute atomic E-state index is 0.650. The van der Waals surface area contributed by atoms with Crippen molar-refractivity contribution in [3.05, 3.63) is 47.3 Å². The Morgan fingerprint density at radius 3 is 3.00 bits per heavy atom. The SMILES string of the molecule is CCOc1ccn2c(-c3cccc(Br)n3)cnc2c1. The third-order valence-electron chi connectivity index (χ3n) is 2.77. The quantitative estimate of drug-likeness (QED) is 0.693. The van der Waals surface area contributed by atoms with Gasteiger partial charge in [0.25, 0.3) is 0 Å². The zero-order valence-corrected chi connectivity index (χ0v) is 12.0. The molecule has 0 aliphatic rings. The Kier molecular flexibility index (Phi) is 3.21. The summed E-state index contributed by atoms with van der Waals surface area (Å²) in [6, 6.07) is 9.68. The van der Waals surface area contributed by atoms with E-state index in [4.69, 9.17) is 4.74 Å². The predicted octanol–water partition coefficient (Wildman–Crippen LogP) is 3.56. The Labute approximate surface area is 119 Å². The van der Waals surface area contributed by atoms with Crippen LogP contribution in [0.5, 0.6) is 5.75 Å². The molecule has 0 unspecified atom stereocenters. The van der Waals surface area contributed by atoms with Gasteiger partial charge in [-0.05, 0) is 41.1 Å². The zero-order chi connectivity index (χ0) is 13.2. The fourth-order valence-electron chi connectivity index (χ4n) is 1.96. The number of ether oxygens (including phenoxy) is 1. The molecule has 96 valence electrons. The van der Waals surface area contributed by atoms with Crippen molar-refractivity contribution in [3.8, 4) is 17.1 Å². The van der Waals surface area contributed by atoms with E-state index in [1.807, 2.05) is 54.0 Å². The maximum absolute atomic E-state index is 5.47. The lowest BCUT2D eigenvalue weighted by atomic mass is 10.3. The van der Waals surface area contributed by atoms with Gasteiger partial charge in [-0.2, -0.15) is 0 Å². The highest BCUT2D eigenvalue weighted by molar-refractivity contribution is 9.10. The number of hydrogen-bond acceptors (Lipinski definition) is 3. The van der Waals surface area contributed by atoms with E-state index < -0.39 is 0 Å². The molecule has 3 heterocycles. The molecule has 0 spiro atoms. The third kappa shape index (κ3) is 2.33. The molecule has 0 N–H and O–H groups in total. The first-order chi connectivity index (χ1) is 9.28. The summed E-state index contributed by atoms with van der Waals surface area (Å²) in [6.45, 7) is 2.61. The van der Waals surface area contributed by atoms with Crippen molar-refractivity contribution in [2.45, 2.75) is 6.92 Å². The maximum atomic E-state index is 5.47. The van der Waals surface area contributed by atoms with Crippen molar-refractivity contribution >= 4 is 21.6 Å². The van der Waals surface area contributed by atoms with Crippen molar-refractivity contribution in [1.29, 1.82) is 0 Å². The smallest absolute Gasteiger partial charge is 0.140 e. The van der Waals surface area contributed by atoms with Gasteiger partial charge in [-0.1, -0.05) is 6.07 Å². The first kappa shape index (κ1) is 12.2. The maximum Gasteiger partial charge on any atom is 0.140 e. The van der Waals surface area contributed by atoms with Crippen molar-refractivity contribution in [2.24, 2.45) is 0 Å². The number of hydrogen-bond donors (Lipinski definition) is 0. The average Bonchev–Trinajstić information content (AvgIpc) is 2.82. The van der Waals surface area contributed by atoms with Crippen molar-refractivity contribution in [3.63, 3.8) is 0 Å². The summed E-state index contributed by atoms with van der Waals surface area (Å²) in [5.74, 6) is 0.828. The van der Waals surface area contributed by atoms with Crippen LogP contribution in [0.25, 0.3) is 17.0 Å². The van der Waals surface area contributed by atoms with Crippen LogP contribution in [0, 0.1) is 0 Å². The van der Waals surface area contributed by atoms with E-state index in [0.717, 1.165) is 27.4 Å². The standard InChI is InChI=1S/C14H12BrN3O/c1-2-19-10-6-7-18-12(9-16-14(18)8-10)11-4-3-5-13(15)17-11/h3-9H,2H2,1H3. The number of pyridine rings is 2. The molecule has 5 heteroatoms. The molecule has 0 radical (unpaired) electrons. The van der Waals surface area contributed by atoms with Crippen LogP contribution in [-0.2, 0) is 0 Å². The molecule has 0 aliphatic carbocycles. The Balaban J connectivity index is 2.10. The van der Waals surface area contributed by atoms with Crippen LogP contribution in [0.2, 0.25) is 0 Å². The Morgan fingerprint density at radius 1 is 1.32 bits per heavy atom. The molecule has 3 rings (SSSR count). The molecule has 3 aromatic rings. The fraction of sp³-hybridized carbons (Fsp3) is 0.143. The van der Waals surface area contributed by atoms with Crippen LogP contribution in [0.4, 0.5) is 0 Å². The summed E-state index contributed by atoms with van der Waals surface area (Å²) in [5.41, 5.74) is 2.69. The number of rotatable bonds is 3. The highest BCUT2D eigenvalue weighted by Gasteiger charge is 2.08. The molecular weight excluding hydrogens is 306 g/mol. The van der Waals surface area contributed by atoms with Gasteiger partial charge in [0, 0.05) is 12.3 Å². The minimum Gasteiger partial charge on any atom is -0.494 e. The molecule has 4 nitrogen and oxygen atoms in total. The topological polar surface area (TPSA) is 39.4 Å². The number of fused-ring (bicyclic) bond motifs is 1. The number of nitrogens with zero attached hydrogens (tertiary/aromatic N) is 3. The molecule has 0 aliphatic heterocycles. The van der Waals surface area contributed by atoms with Crippen LogP contribution in [0.1, 0.15) is 6.92 Å². The summed E-state index contributed by atoms with van der Waals surface area (Å²) in [5, 5.41) is 0. The van der Waals surface area contributed by atoms with Gasteiger partial charge in [0.2, 0.25) is 0 Å². The Morgan fingerprint density at radius 2 is 2.21 bits per heavy atom. The Bertz CT molecular complexity index is 724. The van der Waals surface area contributed by atoms with Gasteiger partial charge in [0.05, 0.1) is 24.2 Å². The molecule has 0 fully saturated rings. The molecular formula is C14H12BrN3O. The second-order valence-corrected chi connectivity index (χ2v) is 4.83. The minimum atomic E-state index is 0.650. The van der Waals surface area contributed by atoms with E-state index in [-0.39, 0.29) is 0 Å². The van der Waals surface area contributed by atoms with Gasteiger partial charge in [-0.15, -0.1) is 0 Å². The highest BCUT2D eigenvalue weighted by atomic mass is 79.9. The summed E-state index contributed by atoms with van der Waals surface area (Å²) >= 11 is 3.38. The van der Waals surface area contributed by atoms with E-state index >= 15 is 0 Å². The summed E-state index contributed by atoms with van der Waals surface area (Å²) in [4.78, 5) is 8.84. The zero-order valence-electron chi connectivity index (χ0n) is 10.4. The molecule has 0 saturated heterocycles. The lowest BCUT2D eigenvalue weighted by Gasteiger charge is -2.05. The van der Waals surface area contributed by atoms with Crippen LogP contribution >= 0.6 is 15.9 Å². The van der Waals surface area contributed by atoms with Crippen molar-refractivity contribution < 1.29 is 4.74 Å². The van der Waals surface area contributed by atoms with E-state index in [9.17, 15) is 0 Å². The largest absolute Gasteiger partial charge is 0.494 e. The van der Waals surface area contributed by atoms with Gasteiger partial charge in [-0.25, -0.2) is 9.97 Å². The number of imidazole rings is 1. The molecule has 0 amide bonds. The van der Waals surface area contributed by atoms with Crippen LogP contribution in [0.3, 0.4) is 0 Å². The average molecular weight is 318 g/mol. The summed E-state index contributed by atoms with van der Waals surface area (Å²) in [6.07, 6.45) is 3.77. The van der Waals surface area contributed by atoms with Gasteiger partial charge in [-0.3, -0.25) is 4.40 Å². The fourth-order valence-corrected chi connectivity index (χ4v) is 2.30. The summed E-state index contributed by atoms with van der Waals surface area (Å²) < 4.78 is 8.28. The molecule has 3 aromatic heterocycles. The number of aromatic nitrogens is 3. The van der Waals surface area contributed by atoms with Crippen LogP contribution in [0.15, 0.2) is 47.3 Å². The molecule has 0 atom stereocenters. The normalized spacial score (nSPS) is 10.8. The van der Waals surface area contributed by atoms with Crippen molar-refractivity contribution in [1.82, 2.24) is 14.4 Å². The molecule has 0 saturated carbocycles. The first-order valence-corrected chi connectivity index (χ1v) is 6.80. The van der Waals surface area contributed by atoms with Gasteiger partial charge >= 0.3 is 0 Å². The monoisotopic (exact) mass is 317 g/mol. The predicted molar refractivity (Wildman–Crippen MR) is 77.3 cm³/mol. The molecule has 0 bridgehead atoms. The van der Waals surface area contributed by atoms with Crippen molar-refractivity contribution in [2.75, 3.05) is 6.61 Å². The lowest BCUT2D eigenvalue weighted by molar-refractivity contribution is 0.340. The first-order valence-electron chi connectivity index (χ1n) is 6.01. The lowest BCUT2D eigenvalue weighted by Crippen LogP contribution is -1.94. The number of halogens is 1. The highest BCUT2D eigenvalue weighted by Crippen LogP contribution is 2.22. The van der Waals surface area contributed by atoms with E-state index in [0.29, 0.717) is 6.61 Å². The van der Waals surface area contributed by atoms with Gasteiger partial charge in [0.15, 0.2) is 0 Å².